The molecule has 1 aromatic carbocycles. The molecule has 114 valence electrons. The van der Waals surface area contributed by atoms with Crippen molar-refractivity contribution >= 4 is 11.9 Å². The molecule has 2 rings (SSSR count). The second kappa shape index (κ2) is 6.97. The standard InChI is InChI=1S/C15H22N4O2/c1-10(2)18-14(20)9-17-15(16)19-12-7-8-21-13-6-4-3-5-11(12)13/h3-6,10,12H,7-9H2,1-2H3,(H,18,20)(H3,16,17,19). The van der Waals surface area contributed by atoms with E-state index in [1.807, 2.05) is 38.1 Å². The summed E-state index contributed by atoms with van der Waals surface area (Å²) in [7, 11) is 0. The minimum Gasteiger partial charge on any atom is -0.493 e. The summed E-state index contributed by atoms with van der Waals surface area (Å²) in [5.41, 5.74) is 6.92. The Morgan fingerprint density at radius 3 is 3.00 bits per heavy atom. The minimum absolute atomic E-state index is 0.0296. The van der Waals surface area contributed by atoms with Gasteiger partial charge in [0.2, 0.25) is 5.91 Å². The first-order chi connectivity index (χ1) is 10.1. The molecule has 1 aliphatic heterocycles. The lowest BCUT2D eigenvalue weighted by atomic mass is 10.0. The minimum atomic E-state index is -0.137. The van der Waals surface area contributed by atoms with E-state index >= 15 is 0 Å². The fourth-order valence-electron chi connectivity index (χ4n) is 2.24. The number of carbonyl (C=O) groups excluding carboxylic acids is 1. The number of aliphatic imine (C=N–C) groups is 1. The van der Waals surface area contributed by atoms with E-state index in [0.717, 1.165) is 17.7 Å². The zero-order valence-corrected chi connectivity index (χ0v) is 12.4. The third-order valence-corrected chi connectivity index (χ3v) is 3.12. The smallest absolute Gasteiger partial charge is 0.242 e. The van der Waals surface area contributed by atoms with Crippen molar-refractivity contribution in [2.24, 2.45) is 10.7 Å². The average Bonchev–Trinajstić information content (AvgIpc) is 2.45. The SMILES string of the molecule is CC(C)NC(=O)CN=C(N)NC1CCOc2ccccc21. The van der Waals surface area contributed by atoms with E-state index < -0.39 is 0 Å². The predicted molar refractivity (Wildman–Crippen MR) is 82.2 cm³/mol. The number of fused-ring (bicyclic) bond motifs is 1. The lowest BCUT2D eigenvalue weighted by Gasteiger charge is -2.26. The van der Waals surface area contributed by atoms with Crippen LogP contribution in [0.2, 0.25) is 0 Å². The Morgan fingerprint density at radius 1 is 1.48 bits per heavy atom. The van der Waals surface area contributed by atoms with Gasteiger partial charge in [0.15, 0.2) is 5.96 Å². The highest BCUT2D eigenvalue weighted by Gasteiger charge is 2.21. The molecule has 0 bridgehead atoms. The summed E-state index contributed by atoms with van der Waals surface area (Å²) < 4.78 is 5.59. The zero-order valence-electron chi connectivity index (χ0n) is 12.4. The number of hydrogen-bond acceptors (Lipinski definition) is 3. The first-order valence-electron chi connectivity index (χ1n) is 7.14. The van der Waals surface area contributed by atoms with Crippen molar-refractivity contribution in [3.05, 3.63) is 29.8 Å². The van der Waals surface area contributed by atoms with Gasteiger partial charge in [-0.1, -0.05) is 18.2 Å². The summed E-state index contributed by atoms with van der Waals surface area (Å²) in [4.78, 5) is 15.6. The van der Waals surface area contributed by atoms with E-state index in [9.17, 15) is 4.79 Å². The van der Waals surface area contributed by atoms with E-state index in [2.05, 4.69) is 15.6 Å². The van der Waals surface area contributed by atoms with Crippen molar-refractivity contribution in [1.29, 1.82) is 0 Å². The Hall–Kier alpha value is -2.24. The molecule has 0 radical (unpaired) electrons. The monoisotopic (exact) mass is 290 g/mol. The number of nitrogens with one attached hydrogen (secondary N) is 2. The fourth-order valence-corrected chi connectivity index (χ4v) is 2.24. The van der Waals surface area contributed by atoms with Crippen molar-refractivity contribution in [3.8, 4) is 5.75 Å². The normalized spacial score (nSPS) is 17.9. The van der Waals surface area contributed by atoms with Gasteiger partial charge in [0.05, 0.1) is 12.6 Å². The third kappa shape index (κ3) is 4.37. The number of amides is 1. The van der Waals surface area contributed by atoms with Crippen LogP contribution in [-0.2, 0) is 4.79 Å². The van der Waals surface area contributed by atoms with Gasteiger partial charge in [-0.25, -0.2) is 4.99 Å². The van der Waals surface area contributed by atoms with Crippen LogP contribution >= 0.6 is 0 Å². The number of rotatable bonds is 4. The second-order valence-electron chi connectivity index (χ2n) is 5.30. The number of ether oxygens (including phenoxy) is 1. The Morgan fingerprint density at radius 2 is 2.24 bits per heavy atom. The molecule has 1 heterocycles. The van der Waals surface area contributed by atoms with E-state index in [4.69, 9.17) is 10.5 Å². The molecule has 1 atom stereocenters. The summed E-state index contributed by atoms with van der Waals surface area (Å²) in [5, 5.41) is 5.92. The van der Waals surface area contributed by atoms with Crippen molar-refractivity contribution in [2.45, 2.75) is 32.4 Å². The second-order valence-corrected chi connectivity index (χ2v) is 5.30. The van der Waals surface area contributed by atoms with Gasteiger partial charge in [-0.2, -0.15) is 0 Å². The molecule has 0 aromatic heterocycles. The van der Waals surface area contributed by atoms with Crippen LogP contribution < -0.4 is 21.1 Å². The molecule has 0 saturated carbocycles. The number of para-hydroxylation sites is 1. The van der Waals surface area contributed by atoms with Gasteiger partial charge in [-0.15, -0.1) is 0 Å². The molecule has 6 nitrogen and oxygen atoms in total. The van der Waals surface area contributed by atoms with E-state index in [0.29, 0.717) is 6.61 Å². The Balaban J connectivity index is 1.94. The number of benzene rings is 1. The average molecular weight is 290 g/mol. The van der Waals surface area contributed by atoms with Gasteiger partial charge in [0.25, 0.3) is 0 Å². The van der Waals surface area contributed by atoms with E-state index in [1.54, 1.807) is 0 Å². The molecular weight excluding hydrogens is 268 g/mol. The summed E-state index contributed by atoms with van der Waals surface area (Å²) in [6.45, 7) is 4.47. The number of carbonyl (C=O) groups is 1. The Labute approximate surface area is 124 Å². The van der Waals surface area contributed by atoms with Crippen LogP contribution in [0.3, 0.4) is 0 Å². The Bertz CT molecular complexity index is 528. The van der Waals surface area contributed by atoms with Crippen LogP contribution in [0.25, 0.3) is 0 Å². The van der Waals surface area contributed by atoms with Gasteiger partial charge in [0, 0.05) is 18.0 Å². The first kappa shape index (κ1) is 15.2. The number of nitrogens with two attached hydrogens (primary N) is 1. The molecule has 21 heavy (non-hydrogen) atoms. The summed E-state index contributed by atoms with van der Waals surface area (Å²) in [5.74, 6) is 1.00. The lowest BCUT2D eigenvalue weighted by Crippen LogP contribution is -2.39. The molecule has 0 aliphatic carbocycles. The van der Waals surface area contributed by atoms with E-state index in [1.165, 1.54) is 0 Å². The molecule has 1 unspecified atom stereocenters. The van der Waals surface area contributed by atoms with Crippen LogP contribution in [0.4, 0.5) is 0 Å². The molecule has 0 fully saturated rings. The fraction of sp³-hybridized carbons (Fsp3) is 0.467. The maximum absolute atomic E-state index is 11.5. The topological polar surface area (TPSA) is 88.7 Å². The number of nitrogens with zero attached hydrogens (tertiary/aromatic N) is 1. The molecular formula is C15H22N4O2. The molecule has 1 amide bonds. The van der Waals surface area contributed by atoms with Crippen LogP contribution in [-0.4, -0.2) is 31.1 Å². The van der Waals surface area contributed by atoms with Crippen LogP contribution in [0.1, 0.15) is 31.9 Å². The summed E-state index contributed by atoms with van der Waals surface area (Å²) in [6, 6.07) is 8.01. The van der Waals surface area contributed by atoms with Crippen molar-refractivity contribution in [2.75, 3.05) is 13.2 Å². The van der Waals surface area contributed by atoms with Crippen LogP contribution in [0.15, 0.2) is 29.3 Å². The summed E-state index contributed by atoms with van der Waals surface area (Å²) in [6.07, 6.45) is 0.811. The van der Waals surface area contributed by atoms with Gasteiger partial charge >= 0.3 is 0 Å². The van der Waals surface area contributed by atoms with Gasteiger partial charge in [0.1, 0.15) is 12.3 Å². The predicted octanol–water partition coefficient (Wildman–Crippen LogP) is 0.939. The maximum Gasteiger partial charge on any atom is 0.242 e. The van der Waals surface area contributed by atoms with E-state index in [-0.39, 0.29) is 30.5 Å². The maximum atomic E-state index is 11.5. The lowest BCUT2D eigenvalue weighted by molar-refractivity contribution is -0.120. The van der Waals surface area contributed by atoms with Crippen molar-refractivity contribution in [1.82, 2.24) is 10.6 Å². The zero-order chi connectivity index (χ0) is 15.2. The highest BCUT2D eigenvalue weighted by atomic mass is 16.5. The Kier molecular flexibility index (Phi) is 5.03. The van der Waals surface area contributed by atoms with Gasteiger partial charge in [-0.3, -0.25) is 4.79 Å². The van der Waals surface area contributed by atoms with Gasteiger partial charge in [-0.05, 0) is 19.9 Å². The van der Waals surface area contributed by atoms with Gasteiger partial charge < -0.3 is 21.1 Å². The summed E-state index contributed by atoms with van der Waals surface area (Å²) >= 11 is 0. The van der Waals surface area contributed by atoms with Crippen molar-refractivity contribution in [3.63, 3.8) is 0 Å². The van der Waals surface area contributed by atoms with Crippen LogP contribution in [0.5, 0.6) is 5.75 Å². The van der Waals surface area contributed by atoms with Crippen molar-refractivity contribution < 1.29 is 9.53 Å². The number of guanidine groups is 1. The molecule has 0 saturated heterocycles. The molecule has 1 aliphatic rings. The quantitative estimate of drug-likeness (QED) is 0.569. The first-order valence-corrected chi connectivity index (χ1v) is 7.14. The highest BCUT2D eigenvalue weighted by molar-refractivity contribution is 5.84. The molecule has 4 N–H and O–H groups in total. The number of hydrogen-bond donors (Lipinski definition) is 3. The molecule has 1 aromatic rings. The third-order valence-electron chi connectivity index (χ3n) is 3.12. The largest absolute Gasteiger partial charge is 0.493 e. The van der Waals surface area contributed by atoms with Crippen LogP contribution in [0, 0.1) is 0 Å². The molecule has 0 spiro atoms. The highest BCUT2D eigenvalue weighted by Crippen LogP contribution is 2.31. The molecule has 6 heteroatoms.